The predicted molar refractivity (Wildman–Crippen MR) is 179 cm³/mol. The predicted octanol–water partition coefficient (Wildman–Crippen LogP) is 2.16. The Morgan fingerprint density at radius 3 is 2.38 bits per heavy atom. The molecule has 258 valence electrons. The molecule has 4 aliphatic carbocycles. The summed E-state index contributed by atoms with van der Waals surface area (Å²) >= 11 is 0. The number of aromatic nitrogens is 2. The maximum Gasteiger partial charge on any atom is 0.249 e. The summed E-state index contributed by atoms with van der Waals surface area (Å²) in [4.78, 5) is 36.1. The van der Waals surface area contributed by atoms with Crippen LogP contribution < -0.4 is 33.6 Å². The first-order chi connectivity index (χ1) is 22.4. The molecule has 4 bridgehead atoms. The minimum Gasteiger partial charge on any atom is -0.508 e. The van der Waals surface area contributed by atoms with E-state index in [4.69, 9.17) is 32.4 Å². The number of carbonyl (C=O) groups is 2. The molecule has 4 aliphatic rings. The Hall–Kier alpha value is -3.71. The fourth-order valence-electron chi connectivity index (χ4n) is 8.67. The number of amides is 2. The van der Waals surface area contributed by atoms with E-state index in [0.29, 0.717) is 44.1 Å². The van der Waals surface area contributed by atoms with Gasteiger partial charge in [0, 0.05) is 19.4 Å². The van der Waals surface area contributed by atoms with Crippen molar-refractivity contribution in [2.24, 2.45) is 51.1 Å². The molecule has 0 aliphatic heterocycles. The van der Waals surface area contributed by atoms with Crippen LogP contribution in [0.3, 0.4) is 0 Å². The SMILES string of the molecule is Cc1cc(O)cc(C)c1C[C@H](NC(=O)[C@H](N)CCCN=C(N)N)C(=O)N[C@@H](CCCCN)c1nc(CC23CC4CC(C2)C(C4)C3)no1. The molecule has 11 N–H and O–H groups in total. The second kappa shape index (κ2) is 15.0. The van der Waals surface area contributed by atoms with Crippen molar-refractivity contribution < 1.29 is 19.2 Å². The summed E-state index contributed by atoms with van der Waals surface area (Å²) < 4.78 is 5.81. The lowest BCUT2D eigenvalue weighted by Crippen LogP contribution is -2.53. The van der Waals surface area contributed by atoms with Crippen LogP contribution in [0, 0.1) is 37.0 Å². The van der Waals surface area contributed by atoms with Crippen molar-refractivity contribution in [1.82, 2.24) is 20.8 Å². The summed E-state index contributed by atoms with van der Waals surface area (Å²) in [7, 11) is 0. The van der Waals surface area contributed by atoms with Crippen LogP contribution in [0.5, 0.6) is 5.75 Å². The number of nitrogens with two attached hydrogens (primary N) is 4. The van der Waals surface area contributed by atoms with E-state index >= 15 is 0 Å². The summed E-state index contributed by atoms with van der Waals surface area (Å²) in [5, 5.41) is 20.5. The zero-order valence-corrected chi connectivity index (χ0v) is 27.8. The van der Waals surface area contributed by atoms with Crippen molar-refractivity contribution in [2.45, 2.75) is 109 Å². The van der Waals surface area contributed by atoms with Crippen LogP contribution in [0.15, 0.2) is 21.6 Å². The second-order valence-electron chi connectivity index (χ2n) is 14.4. The van der Waals surface area contributed by atoms with Crippen molar-refractivity contribution in [3.05, 3.63) is 40.5 Å². The molecule has 0 spiro atoms. The quantitative estimate of drug-likeness (QED) is 0.0748. The van der Waals surface area contributed by atoms with Crippen LogP contribution in [-0.2, 0) is 22.4 Å². The number of phenols is 1. The average molecular weight is 652 g/mol. The molecule has 1 heterocycles. The van der Waals surface area contributed by atoms with Crippen molar-refractivity contribution in [3.63, 3.8) is 0 Å². The van der Waals surface area contributed by atoms with Crippen LogP contribution >= 0.6 is 0 Å². The maximum atomic E-state index is 14.0. The van der Waals surface area contributed by atoms with E-state index in [1.807, 2.05) is 13.8 Å². The molecule has 2 unspecified atom stereocenters. The third-order valence-electron chi connectivity index (χ3n) is 10.7. The molecule has 5 atom stereocenters. The van der Waals surface area contributed by atoms with Crippen LogP contribution in [0.2, 0.25) is 0 Å². The number of benzene rings is 1. The zero-order chi connectivity index (χ0) is 33.7. The third kappa shape index (κ3) is 8.61. The van der Waals surface area contributed by atoms with Gasteiger partial charge in [-0.25, -0.2) is 0 Å². The van der Waals surface area contributed by atoms with Crippen LogP contribution in [0.4, 0.5) is 0 Å². The van der Waals surface area contributed by atoms with Crippen LogP contribution in [0.1, 0.15) is 98.7 Å². The first-order valence-electron chi connectivity index (χ1n) is 17.2. The van der Waals surface area contributed by atoms with Gasteiger partial charge in [-0.15, -0.1) is 0 Å². The topological polar surface area (TPSA) is 234 Å². The van der Waals surface area contributed by atoms with Crippen LogP contribution in [-0.4, -0.2) is 58.2 Å². The molecule has 1 aromatic heterocycles. The molecule has 0 saturated heterocycles. The highest BCUT2D eigenvalue weighted by Crippen LogP contribution is 2.65. The lowest BCUT2D eigenvalue weighted by molar-refractivity contribution is -0.130. The Morgan fingerprint density at radius 1 is 1.04 bits per heavy atom. The summed E-state index contributed by atoms with van der Waals surface area (Å²) in [5.74, 6) is 2.88. The molecule has 2 aromatic rings. The monoisotopic (exact) mass is 651 g/mol. The fourth-order valence-corrected chi connectivity index (χ4v) is 8.67. The van der Waals surface area contributed by atoms with E-state index in [-0.39, 0.29) is 29.5 Å². The molecule has 4 saturated carbocycles. The highest BCUT2D eigenvalue weighted by atomic mass is 16.5. The standard InChI is InChI=1S/C34H53N9O4/c1-19-10-24(44)11-20(2)25(19)14-28(41-30(45)26(36)6-5-9-39-33(37)38)31(46)40-27(7-3-4-8-35)32-42-29(43-47-32)18-34-15-21-12-22(16-34)23(13-21)17-34/h10-11,21-23,26-28,44H,3-9,12-18,35-36H2,1-2H3,(H,40,46)(H,41,45)(H4,37,38,39)/t21?,22?,23?,26-,27+,28+,34?/m1/s1. The number of nitrogens with one attached hydrogen (secondary N) is 2. The van der Waals surface area contributed by atoms with Crippen LogP contribution in [0.25, 0.3) is 0 Å². The molecular weight excluding hydrogens is 598 g/mol. The Balaban J connectivity index is 1.31. The van der Waals surface area contributed by atoms with E-state index < -0.39 is 24.0 Å². The van der Waals surface area contributed by atoms with Crippen molar-refractivity contribution in [1.29, 1.82) is 0 Å². The second-order valence-corrected chi connectivity index (χ2v) is 14.4. The van der Waals surface area contributed by atoms with Gasteiger partial charge >= 0.3 is 0 Å². The number of aryl methyl sites for hydroxylation is 2. The van der Waals surface area contributed by atoms with Gasteiger partial charge < -0.3 is 43.2 Å². The number of hydrogen-bond donors (Lipinski definition) is 7. The number of hydrogen-bond acceptors (Lipinski definition) is 9. The minimum atomic E-state index is -0.948. The molecule has 4 fully saturated rings. The average Bonchev–Trinajstić information content (AvgIpc) is 3.65. The minimum absolute atomic E-state index is 0.0222. The van der Waals surface area contributed by atoms with E-state index in [0.717, 1.165) is 53.7 Å². The van der Waals surface area contributed by atoms with Crippen molar-refractivity contribution in [3.8, 4) is 5.75 Å². The molecule has 13 nitrogen and oxygen atoms in total. The highest BCUT2D eigenvalue weighted by molar-refractivity contribution is 5.90. The largest absolute Gasteiger partial charge is 0.508 e. The van der Waals surface area contributed by atoms with E-state index in [1.54, 1.807) is 12.1 Å². The number of aliphatic imine (C=N–C) groups is 1. The maximum absolute atomic E-state index is 14.0. The summed E-state index contributed by atoms with van der Waals surface area (Å²) in [6.45, 7) is 4.61. The van der Waals surface area contributed by atoms with Gasteiger partial charge in [0.25, 0.3) is 0 Å². The first-order valence-corrected chi connectivity index (χ1v) is 17.2. The molecule has 0 radical (unpaired) electrons. The molecular formula is C34H53N9O4. The lowest BCUT2D eigenvalue weighted by Gasteiger charge is -2.37. The summed E-state index contributed by atoms with van der Waals surface area (Å²) in [6, 6.07) is 0.938. The van der Waals surface area contributed by atoms with E-state index in [9.17, 15) is 14.7 Å². The normalized spacial score (nSPS) is 24.6. The number of phenolic OH excluding ortho intramolecular Hbond substituents is 1. The zero-order valence-electron chi connectivity index (χ0n) is 27.8. The Kier molecular flexibility index (Phi) is 11.1. The van der Waals surface area contributed by atoms with Gasteiger partial charge in [0.05, 0.1) is 6.04 Å². The number of nitrogens with zero attached hydrogens (tertiary/aromatic N) is 3. The van der Waals surface area contributed by atoms with Gasteiger partial charge in [-0.1, -0.05) is 5.16 Å². The van der Waals surface area contributed by atoms with Gasteiger partial charge in [0.2, 0.25) is 17.7 Å². The molecule has 1 aromatic carbocycles. The van der Waals surface area contributed by atoms with E-state index in [2.05, 4.69) is 20.8 Å². The first kappa shape index (κ1) is 34.6. The number of carbonyl (C=O) groups excluding carboxylic acids is 2. The van der Waals surface area contributed by atoms with E-state index in [1.165, 1.54) is 32.1 Å². The number of unbranched alkanes of at least 4 members (excludes halogenated alkanes) is 1. The molecule has 13 heteroatoms. The van der Waals surface area contributed by atoms with Crippen molar-refractivity contribution in [2.75, 3.05) is 13.1 Å². The molecule has 47 heavy (non-hydrogen) atoms. The number of guanidine groups is 1. The summed E-state index contributed by atoms with van der Waals surface area (Å²) in [6.07, 6.45) is 10.4. The Labute approximate surface area is 277 Å². The lowest BCUT2D eigenvalue weighted by atomic mass is 9.67. The fraction of sp³-hybridized carbons (Fsp3) is 0.676. The Bertz CT molecular complexity index is 1400. The number of rotatable bonds is 17. The molecule has 2 amide bonds. The smallest absolute Gasteiger partial charge is 0.249 e. The van der Waals surface area contributed by atoms with Crippen molar-refractivity contribution >= 4 is 17.8 Å². The number of aromatic hydroxyl groups is 1. The van der Waals surface area contributed by atoms with Gasteiger partial charge in [-0.05, 0) is 137 Å². The van der Waals surface area contributed by atoms with Gasteiger partial charge in [0.15, 0.2) is 11.8 Å². The Morgan fingerprint density at radius 2 is 1.74 bits per heavy atom. The highest BCUT2D eigenvalue weighted by Gasteiger charge is 2.56. The van der Waals surface area contributed by atoms with Gasteiger partial charge in [-0.3, -0.25) is 14.6 Å². The summed E-state index contributed by atoms with van der Waals surface area (Å²) in [5.41, 5.74) is 25.5. The van der Waals surface area contributed by atoms with Gasteiger partial charge in [-0.2, -0.15) is 4.98 Å². The third-order valence-corrected chi connectivity index (χ3v) is 10.7. The molecule has 6 rings (SSSR count). The van der Waals surface area contributed by atoms with Gasteiger partial charge in [0.1, 0.15) is 17.8 Å².